The van der Waals surface area contributed by atoms with E-state index in [4.69, 9.17) is 5.73 Å². The SMILES string of the molecule is NC(=O)C1CCCN(N([O-])N=O)C1. The number of nitroso groups, excluding NO2 is 1. The van der Waals surface area contributed by atoms with Crippen LogP contribution in [0.4, 0.5) is 0 Å². The molecule has 1 unspecified atom stereocenters. The summed E-state index contributed by atoms with van der Waals surface area (Å²) in [5, 5.41) is 14.1. The van der Waals surface area contributed by atoms with Gasteiger partial charge in [0.1, 0.15) is 0 Å². The zero-order chi connectivity index (χ0) is 9.84. The van der Waals surface area contributed by atoms with E-state index in [9.17, 15) is 14.9 Å². The molecule has 1 atom stereocenters. The summed E-state index contributed by atoms with van der Waals surface area (Å²) in [4.78, 5) is 20.7. The Bertz CT molecular complexity index is 210. The van der Waals surface area contributed by atoms with Crippen LogP contribution in [0.3, 0.4) is 0 Å². The first-order valence-corrected chi connectivity index (χ1v) is 4.00. The first-order chi connectivity index (χ1) is 6.15. The summed E-state index contributed by atoms with van der Waals surface area (Å²) in [6.45, 7) is 0.629. The molecule has 1 amide bonds. The molecule has 1 aliphatic heterocycles. The van der Waals surface area contributed by atoms with Gasteiger partial charge in [-0.3, -0.25) is 10.1 Å². The molecule has 13 heavy (non-hydrogen) atoms. The van der Waals surface area contributed by atoms with Gasteiger partial charge in [-0.15, -0.1) is 4.91 Å². The van der Waals surface area contributed by atoms with Crippen molar-refractivity contribution in [2.24, 2.45) is 16.9 Å². The third kappa shape index (κ3) is 2.36. The Balaban J connectivity index is 2.50. The van der Waals surface area contributed by atoms with Gasteiger partial charge in [0.15, 0.2) is 0 Å². The van der Waals surface area contributed by atoms with Crippen molar-refractivity contribution in [3.8, 4) is 0 Å². The number of hydrazine groups is 1. The molecule has 0 aliphatic carbocycles. The highest BCUT2D eigenvalue weighted by Crippen LogP contribution is 2.17. The second-order valence-electron chi connectivity index (χ2n) is 2.99. The minimum absolute atomic E-state index is 0.0326. The van der Waals surface area contributed by atoms with Gasteiger partial charge >= 0.3 is 0 Å². The topological polar surface area (TPSA) is 102 Å². The van der Waals surface area contributed by atoms with Crippen molar-refractivity contribution in [3.63, 3.8) is 0 Å². The van der Waals surface area contributed by atoms with Gasteiger partial charge in [-0.2, -0.15) is 0 Å². The van der Waals surface area contributed by atoms with Crippen LogP contribution in [0.1, 0.15) is 12.8 Å². The second kappa shape index (κ2) is 4.15. The Labute approximate surface area is 75.0 Å². The standard InChI is InChI=1S/C6H11N4O3/c7-6(11)5-2-1-3-9(4-5)10(13)8-12/h5H,1-4H2,(H2,7,11)/q-1. The highest BCUT2D eigenvalue weighted by Gasteiger charge is 2.24. The van der Waals surface area contributed by atoms with Gasteiger partial charge in [0.25, 0.3) is 0 Å². The summed E-state index contributed by atoms with van der Waals surface area (Å²) in [5.41, 5.74) is 5.08. The Hall–Kier alpha value is -1.21. The van der Waals surface area contributed by atoms with Crippen molar-refractivity contribution < 1.29 is 4.79 Å². The van der Waals surface area contributed by atoms with Crippen molar-refractivity contribution in [2.45, 2.75) is 12.8 Å². The first-order valence-electron chi connectivity index (χ1n) is 4.00. The Kier molecular flexibility index (Phi) is 3.15. The number of hydrogen-bond acceptors (Lipinski definition) is 5. The van der Waals surface area contributed by atoms with Crippen LogP contribution >= 0.6 is 0 Å². The molecule has 1 aliphatic rings. The van der Waals surface area contributed by atoms with Gasteiger partial charge in [-0.25, -0.2) is 5.01 Å². The molecule has 0 bridgehead atoms. The summed E-state index contributed by atoms with van der Waals surface area (Å²) in [6, 6.07) is 0. The lowest BCUT2D eigenvalue weighted by atomic mass is 9.99. The maximum atomic E-state index is 10.8. The quantitative estimate of drug-likeness (QED) is 0.477. The van der Waals surface area contributed by atoms with E-state index >= 15 is 0 Å². The van der Waals surface area contributed by atoms with Gasteiger partial charge in [-0.05, 0) is 12.8 Å². The molecule has 2 N–H and O–H groups in total. The van der Waals surface area contributed by atoms with E-state index in [0.29, 0.717) is 19.4 Å². The average Bonchev–Trinajstić information content (AvgIpc) is 2.17. The summed E-state index contributed by atoms with van der Waals surface area (Å²) < 4.78 is 0. The molecule has 0 spiro atoms. The zero-order valence-electron chi connectivity index (χ0n) is 7.05. The lowest BCUT2D eigenvalue weighted by molar-refractivity contribution is -0.126. The van der Waals surface area contributed by atoms with Gasteiger partial charge < -0.3 is 10.9 Å². The molecule has 7 heteroatoms. The Morgan fingerprint density at radius 3 is 2.92 bits per heavy atom. The van der Waals surface area contributed by atoms with Crippen LogP contribution in [0.25, 0.3) is 0 Å². The number of hydrogen-bond donors (Lipinski definition) is 1. The fraction of sp³-hybridized carbons (Fsp3) is 0.833. The molecule has 0 aromatic rings. The molecule has 1 heterocycles. The largest absolute Gasteiger partial charge is 0.724 e. The third-order valence-electron chi connectivity index (χ3n) is 2.11. The molecule has 1 saturated heterocycles. The molecule has 1 rings (SSSR count). The van der Waals surface area contributed by atoms with E-state index < -0.39 is 5.91 Å². The predicted molar refractivity (Wildman–Crippen MR) is 44.5 cm³/mol. The van der Waals surface area contributed by atoms with Crippen LogP contribution in [-0.2, 0) is 4.79 Å². The Morgan fingerprint density at radius 1 is 1.69 bits per heavy atom. The fourth-order valence-corrected chi connectivity index (χ4v) is 1.40. The number of carbonyl (C=O) groups excluding carboxylic acids is 1. The lowest BCUT2D eigenvalue weighted by Gasteiger charge is -2.38. The second-order valence-corrected chi connectivity index (χ2v) is 2.99. The maximum absolute atomic E-state index is 10.8. The normalized spacial score (nSPS) is 23.9. The van der Waals surface area contributed by atoms with Crippen molar-refractivity contribution in [2.75, 3.05) is 13.1 Å². The Morgan fingerprint density at radius 2 is 2.38 bits per heavy atom. The number of piperidine rings is 1. The summed E-state index contributed by atoms with van der Waals surface area (Å²) >= 11 is 0. The molecule has 0 aromatic carbocycles. The monoisotopic (exact) mass is 187 g/mol. The van der Waals surface area contributed by atoms with Crippen LogP contribution < -0.4 is 5.73 Å². The zero-order valence-corrected chi connectivity index (χ0v) is 7.05. The van der Waals surface area contributed by atoms with E-state index in [2.05, 4.69) is 5.29 Å². The summed E-state index contributed by atoms with van der Waals surface area (Å²) in [6.07, 6.45) is 1.33. The van der Waals surface area contributed by atoms with Gasteiger partial charge in [0, 0.05) is 13.1 Å². The highest BCUT2D eigenvalue weighted by molar-refractivity contribution is 5.76. The molecular formula is C6H11N4O3-. The van der Waals surface area contributed by atoms with Crippen LogP contribution in [0.5, 0.6) is 0 Å². The van der Waals surface area contributed by atoms with Gasteiger partial charge in [0.2, 0.25) is 5.91 Å². The number of rotatable bonds is 3. The van der Waals surface area contributed by atoms with Gasteiger partial charge in [0.05, 0.1) is 11.2 Å². The number of amides is 1. The molecule has 1 fully saturated rings. The number of nitrogens with two attached hydrogens (primary N) is 1. The molecule has 7 nitrogen and oxygen atoms in total. The fourth-order valence-electron chi connectivity index (χ4n) is 1.40. The van der Waals surface area contributed by atoms with E-state index in [1.165, 1.54) is 5.01 Å². The van der Waals surface area contributed by atoms with Crippen LogP contribution in [0.2, 0.25) is 0 Å². The van der Waals surface area contributed by atoms with Crippen molar-refractivity contribution in [1.29, 1.82) is 0 Å². The predicted octanol–water partition coefficient (Wildman–Crippen LogP) is -0.420. The molecule has 0 aromatic heterocycles. The van der Waals surface area contributed by atoms with E-state index in [0.717, 1.165) is 0 Å². The van der Waals surface area contributed by atoms with Crippen LogP contribution in [-0.4, -0.2) is 29.3 Å². The van der Waals surface area contributed by atoms with E-state index in [1.54, 1.807) is 0 Å². The smallest absolute Gasteiger partial charge is 0.221 e. The first kappa shape index (κ1) is 9.87. The number of primary amides is 1. The lowest BCUT2D eigenvalue weighted by Crippen LogP contribution is -2.46. The molecule has 0 radical (unpaired) electrons. The number of nitrogens with zero attached hydrogens (tertiary/aromatic N) is 3. The highest BCUT2D eigenvalue weighted by atomic mass is 16.6. The third-order valence-corrected chi connectivity index (χ3v) is 2.11. The van der Waals surface area contributed by atoms with E-state index in [-0.39, 0.29) is 17.7 Å². The maximum Gasteiger partial charge on any atom is 0.221 e. The molecule has 74 valence electrons. The van der Waals surface area contributed by atoms with Crippen LogP contribution in [0.15, 0.2) is 5.29 Å². The van der Waals surface area contributed by atoms with Crippen molar-refractivity contribution >= 4 is 5.91 Å². The summed E-state index contributed by atoms with van der Waals surface area (Å²) in [5.74, 6) is -0.795. The van der Waals surface area contributed by atoms with Crippen molar-refractivity contribution in [3.05, 3.63) is 10.1 Å². The minimum atomic E-state index is -0.441. The average molecular weight is 187 g/mol. The van der Waals surface area contributed by atoms with E-state index in [1.807, 2.05) is 0 Å². The molecular weight excluding hydrogens is 176 g/mol. The summed E-state index contributed by atoms with van der Waals surface area (Å²) in [7, 11) is 0. The molecule has 0 saturated carbocycles. The van der Waals surface area contributed by atoms with Crippen molar-refractivity contribution in [1.82, 2.24) is 10.3 Å². The minimum Gasteiger partial charge on any atom is -0.724 e. The van der Waals surface area contributed by atoms with Gasteiger partial charge in [-0.1, -0.05) is 0 Å². The number of carbonyl (C=O) groups is 1. The van der Waals surface area contributed by atoms with Crippen LogP contribution in [0, 0.1) is 16.0 Å².